The van der Waals surface area contributed by atoms with Crippen molar-refractivity contribution in [3.05, 3.63) is 42.4 Å². The largest absolute Gasteiger partial charge is 0.472 e. The van der Waals surface area contributed by atoms with Crippen LogP contribution >= 0.6 is 0 Å². The quantitative estimate of drug-likeness (QED) is 0.607. The van der Waals surface area contributed by atoms with Crippen molar-refractivity contribution in [3.8, 4) is 17.0 Å². The molecular weight excluding hydrogens is 462 g/mol. The van der Waals surface area contributed by atoms with Crippen LogP contribution in [0.3, 0.4) is 0 Å². The van der Waals surface area contributed by atoms with Gasteiger partial charge in [-0.05, 0) is 30.7 Å². The molecule has 0 radical (unpaired) electrons. The van der Waals surface area contributed by atoms with Gasteiger partial charge in [-0.25, -0.2) is 4.98 Å². The number of rotatable bonds is 7. The van der Waals surface area contributed by atoms with Crippen LogP contribution in [0.25, 0.3) is 11.1 Å². The molecule has 10 nitrogen and oxygen atoms in total. The molecule has 1 N–H and O–H groups in total. The van der Waals surface area contributed by atoms with Gasteiger partial charge in [0.05, 0.1) is 39.0 Å². The number of fused-ring (bicyclic) bond motifs is 1. The minimum Gasteiger partial charge on any atom is -0.472 e. The third kappa shape index (κ3) is 6.00. The van der Waals surface area contributed by atoms with Gasteiger partial charge in [0, 0.05) is 56.8 Å². The summed E-state index contributed by atoms with van der Waals surface area (Å²) in [7, 11) is 1.78. The number of morpholine rings is 1. The van der Waals surface area contributed by atoms with E-state index in [1.165, 1.54) is 0 Å². The average molecular weight is 498 g/mol. The van der Waals surface area contributed by atoms with Crippen molar-refractivity contribution >= 4 is 11.8 Å². The van der Waals surface area contributed by atoms with Crippen molar-refractivity contribution in [2.24, 2.45) is 5.92 Å². The molecule has 0 bridgehead atoms. The molecule has 0 spiro atoms. The van der Waals surface area contributed by atoms with E-state index in [1.54, 1.807) is 41.5 Å². The van der Waals surface area contributed by atoms with Gasteiger partial charge in [-0.15, -0.1) is 0 Å². The van der Waals surface area contributed by atoms with E-state index in [4.69, 9.17) is 9.47 Å². The van der Waals surface area contributed by atoms with E-state index in [0.29, 0.717) is 38.4 Å². The standard InChI is InChI=1S/C26H35N5O5/c1-18-14-31(19(2)17-32)26(34)22-12-21(20-4-6-27-7-5-20)13-28-25(22)36-23(18)15-29(3)24(33)16-30-8-10-35-11-9-30/h4-7,12-13,18-19,23,32H,8-11,14-17H2,1-3H3/t18-,19-,23+/m1/s1. The Hall–Kier alpha value is -3.08. The maximum Gasteiger partial charge on any atom is 0.259 e. The van der Waals surface area contributed by atoms with Crippen molar-refractivity contribution in [2.75, 3.05) is 59.6 Å². The first-order valence-corrected chi connectivity index (χ1v) is 12.4. The van der Waals surface area contributed by atoms with Crippen LogP contribution < -0.4 is 4.74 Å². The molecule has 0 saturated carbocycles. The normalized spacial score (nSPS) is 21.7. The van der Waals surface area contributed by atoms with Gasteiger partial charge in [-0.3, -0.25) is 19.5 Å². The Kier molecular flexibility index (Phi) is 8.50. The lowest BCUT2D eigenvalue weighted by atomic mass is 9.99. The zero-order valence-electron chi connectivity index (χ0n) is 21.2. The Balaban J connectivity index is 1.59. The monoisotopic (exact) mass is 497 g/mol. The van der Waals surface area contributed by atoms with Crippen molar-refractivity contribution in [1.82, 2.24) is 24.7 Å². The number of likely N-dealkylation sites (N-methyl/N-ethyl adjacent to an activating group) is 1. The summed E-state index contributed by atoms with van der Waals surface area (Å²) in [6.07, 6.45) is 4.67. The molecular formula is C26H35N5O5. The number of aliphatic hydroxyl groups is 1. The molecule has 0 unspecified atom stereocenters. The van der Waals surface area contributed by atoms with E-state index in [2.05, 4.69) is 14.9 Å². The smallest absolute Gasteiger partial charge is 0.259 e. The van der Waals surface area contributed by atoms with Crippen LogP contribution in [0.15, 0.2) is 36.8 Å². The number of carbonyl (C=O) groups is 2. The van der Waals surface area contributed by atoms with Gasteiger partial charge in [-0.1, -0.05) is 6.92 Å². The Labute approximate surface area is 211 Å². The number of nitrogens with zero attached hydrogens (tertiary/aromatic N) is 5. The number of hydrogen-bond donors (Lipinski definition) is 1. The maximum atomic E-state index is 13.6. The lowest BCUT2D eigenvalue weighted by molar-refractivity contribution is -0.133. The predicted molar refractivity (Wildman–Crippen MR) is 134 cm³/mol. The first-order valence-electron chi connectivity index (χ1n) is 12.4. The Morgan fingerprint density at radius 2 is 1.97 bits per heavy atom. The van der Waals surface area contributed by atoms with Gasteiger partial charge < -0.3 is 24.4 Å². The van der Waals surface area contributed by atoms with Gasteiger partial charge in [0.1, 0.15) is 11.7 Å². The summed E-state index contributed by atoms with van der Waals surface area (Å²) in [6.45, 7) is 7.47. The molecule has 194 valence electrons. The summed E-state index contributed by atoms with van der Waals surface area (Å²) >= 11 is 0. The topological polar surface area (TPSA) is 108 Å². The number of aromatic nitrogens is 2. The fourth-order valence-corrected chi connectivity index (χ4v) is 4.47. The Morgan fingerprint density at radius 3 is 2.67 bits per heavy atom. The van der Waals surface area contributed by atoms with Crippen LogP contribution in [0.4, 0.5) is 0 Å². The van der Waals surface area contributed by atoms with Crippen LogP contribution in [0.2, 0.25) is 0 Å². The maximum absolute atomic E-state index is 13.6. The number of amides is 2. The Morgan fingerprint density at radius 1 is 1.25 bits per heavy atom. The molecule has 1 fully saturated rings. The van der Waals surface area contributed by atoms with Crippen LogP contribution in [0, 0.1) is 5.92 Å². The third-order valence-corrected chi connectivity index (χ3v) is 6.88. The minimum atomic E-state index is -0.386. The van der Waals surface area contributed by atoms with Crippen molar-refractivity contribution in [2.45, 2.75) is 26.0 Å². The first kappa shape index (κ1) is 26.0. The van der Waals surface area contributed by atoms with Crippen molar-refractivity contribution < 1.29 is 24.2 Å². The highest BCUT2D eigenvalue weighted by Crippen LogP contribution is 2.30. The molecule has 1 saturated heterocycles. The molecule has 2 aliphatic rings. The van der Waals surface area contributed by atoms with Gasteiger partial charge >= 0.3 is 0 Å². The average Bonchev–Trinajstić information content (AvgIpc) is 2.91. The van der Waals surface area contributed by atoms with Gasteiger partial charge in [0.15, 0.2) is 0 Å². The first-order chi connectivity index (χ1) is 17.4. The lowest BCUT2D eigenvalue weighted by Crippen LogP contribution is -2.51. The third-order valence-electron chi connectivity index (χ3n) is 6.88. The van der Waals surface area contributed by atoms with E-state index in [9.17, 15) is 14.7 Å². The van der Waals surface area contributed by atoms with Crippen LogP contribution in [-0.4, -0.2) is 113 Å². The molecule has 10 heteroatoms. The number of pyridine rings is 2. The van der Waals surface area contributed by atoms with Crippen LogP contribution in [0.1, 0.15) is 24.2 Å². The summed E-state index contributed by atoms with van der Waals surface area (Å²) in [5.74, 6) is -0.0976. The highest BCUT2D eigenvalue weighted by molar-refractivity contribution is 5.98. The van der Waals surface area contributed by atoms with Gasteiger partial charge in [0.25, 0.3) is 5.91 Å². The number of ether oxygens (including phenoxy) is 2. The van der Waals surface area contributed by atoms with Crippen LogP contribution in [0.5, 0.6) is 5.88 Å². The van der Waals surface area contributed by atoms with E-state index < -0.39 is 0 Å². The molecule has 0 aromatic carbocycles. The number of hydrogen-bond acceptors (Lipinski definition) is 8. The summed E-state index contributed by atoms with van der Waals surface area (Å²) in [5, 5.41) is 9.86. The second-order valence-electron chi connectivity index (χ2n) is 9.60. The Bertz CT molecular complexity index is 1050. The molecule has 2 aromatic heterocycles. The fraction of sp³-hybridized carbons (Fsp3) is 0.538. The van der Waals surface area contributed by atoms with E-state index in [1.807, 2.05) is 26.0 Å². The molecule has 0 aliphatic carbocycles. The molecule has 4 rings (SSSR count). The molecule has 2 amide bonds. The zero-order chi connectivity index (χ0) is 25.7. The molecule has 3 atom stereocenters. The zero-order valence-corrected chi connectivity index (χ0v) is 21.2. The summed E-state index contributed by atoms with van der Waals surface area (Å²) in [4.78, 5) is 40.5. The minimum absolute atomic E-state index is 0.00707. The predicted octanol–water partition coefficient (Wildman–Crippen LogP) is 1.15. The van der Waals surface area contributed by atoms with Crippen molar-refractivity contribution in [1.29, 1.82) is 0 Å². The molecule has 2 aliphatic heterocycles. The molecule has 4 heterocycles. The highest BCUT2D eigenvalue weighted by Gasteiger charge is 2.35. The summed E-state index contributed by atoms with van der Waals surface area (Å²) < 4.78 is 11.7. The fourth-order valence-electron chi connectivity index (χ4n) is 4.47. The highest BCUT2D eigenvalue weighted by atomic mass is 16.5. The number of carbonyl (C=O) groups excluding carboxylic acids is 2. The van der Waals surface area contributed by atoms with E-state index in [-0.39, 0.29) is 42.4 Å². The molecule has 2 aromatic rings. The lowest BCUT2D eigenvalue weighted by Gasteiger charge is -2.38. The second kappa shape index (κ2) is 11.8. The second-order valence-corrected chi connectivity index (χ2v) is 9.60. The summed E-state index contributed by atoms with van der Waals surface area (Å²) in [6, 6.07) is 5.10. The summed E-state index contributed by atoms with van der Waals surface area (Å²) in [5.41, 5.74) is 1.99. The van der Waals surface area contributed by atoms with Gasteiger partial charge in [0.2, 0.25) is 11.8 Å². The SMILES string of the molecule is C[C@@H]1CN([C@H](C)CO)C(=O)c2cc(-c3ccncc3)cnc2O[C@H]1CN(C)C(=O)CN1CCOCC1. The molecule has 36 heavy (non-hydrogen) atoms. The number of aliphatic hydroxyl groups excluding tert-OH is 1. The van der Waals surface area contributed by atoms with E-state index >= 15 is 0 Å². The van der Waals surface area contributed by atoms with Crippen LogP contribution in [-0.2, 0) is 9.53 Å². The van der Waals surface area contributed by atoms with E-state index in [0.717, 1.165) is 24.2 Å². The van der Waals surface area contributed by atoms with Crippen molar-refractivity contribution in [3.63, 3.8) is 0 Å². The van der Waals surface area contributed by atoms with Gasteiger partial charge in [-0.2, -0.15) is 0 Å².